The number of amides is 3. The highest BCUT2D eigenvalue weighted by Crippen LogP contribution is 2.44. The fourth-order valence-corrected chi connectivity index (χ4v) is 4.00. The highest BCUT2D eigenvalue weighted by Gasteiger charge is 2.30. The minimum Gasteiger partial charge on any atom is -0.496 e. The Hall–Kier alpha value is -3.14. The first-order valence-corrected chi connectivity index (χ1v) is 11.6. The van der Waals surface area contributed by atoms with Crippen molar-refractivity contribution in [3.05, 3.63) is 36.0 Å². The minimum absolute atomic E-state index is 0.183. The molecule has 2 heterocycles. The van der Waals surface area contributed by atoms with E-state index < -0.39 is 16.1 Å². The van der Waals surface area contributed by atoms with E-state index in [-0.39, 0.29) is 24.3 Å². The summed E-state index contributed by atoms with van der Waals surface area (Å²) in [5, 5.41) is 2.33. The maximum atomic E-state index is 12.5. The average Bonchev–Trinajstić information content (AvgIpc) is 2.65. The number of methoxy groups -OCH3 is 1. The Labute approximate surface area is 181 Å². The molecule has 1 aromatic carbocycles. The number of carbonyl (C=O) groups excluding carboxylic acids is 2. The largest absolute Gasteiger partial charge is 0.496 e. The number of nitrogens with one attached hydrogen (secondary N) is 2. The van der Waals surface area contributed by atoms with E-state index in [9.17, 15) is 18.0 Å². The van der Waals surface area contributed by atoms with Crippen molar-refractivity contribution in [3.63, 3.8) is 0 Å². The first-order valence-electron chi connectivity index (χ1n) is 9.68. The molecular weight excluding hydrogens is 420 g/mol. The number of hydrogen-bond donors (Lipinski definition) is 2. The third kappa shape index (κ3) is 4.96. The summed E-state index contributed by atoms with van der Waals surface area (Å²) in [6.07, 6.45) is 2.80. The summed E-state index contributed by atoms with van der Waals surface area (Å²) in [6.45, 7) is 6.25. The van der Waals surface area contributed by atoms with E-state index in [0.717, 1.165) is 11.8 Å². The number of sulfonamides is 1. The van der Waals surface area contributed by atoms with Gasteiger partial charge in [0.1, 0.15) is 5.75 Å². The Kier molecular flexibility index (Phi) is 5.95. The highest BCUT2D eigenvalue weighted by atomic mass is 32.2. The molecule has 10 heteroatoms. The summed E-state index contributed by atoms with van der Waals surface area (Å²) in [6, 6.07) is 6.30. The zero-order valence-corrected chi connectivity index (χ0v) is 19.0. The Morgan fingerprint density at radius 2 is 1.94 bits per heavy atom. The minimum atomic E-state index is -3.55. The van der Waals surface area contributed by atoms with Crippen molar-refractivity contribution in [1.29, 1.82) is 0 Å². The van der Waals surface area contributed by atoms with Gasteiger partial charge in [-0.25, -0.2) is 13.2 Å². The molecule has 1 saturated heterocycles. The number of urea groups is 1. The van der Waals surface area contributed by atoms with Crippen LogP contribution >= 0.6 is 0 Å². The van der Waals surface area contributed by atoms with E-state index in [1.54, 1.807) is 24.4 Å². The van der Waals surface area contributed by atoms with Gasteiger partial charge >= 0.3 is 6.03 Å². The average molecular weight is 447 g/mol. The van der Waals surface area contributed by atoms with Crippen LogP contribution in [0.4, 0.5) is 16.2 Å². The van der Waals surface area contributed by atoms with E-state index in [4.69, 9.17) is 4.74 Å². The SMILES string of the molecule is COc1c(-c2ncccc2NS(C)(=O)=O)cc(N2CCC(=O)NC2=O)cc1C(C)(C)C. The van der Waals surface area contributed by atoms with Crippen molar-refractivity contribution in [2.75, 3.05) is 29.5 Å². The summed E-state index contributed by atoms with van der Waals surface area (Å²) in [4.78, 5) is 29.9. The van der Waals surface area contributed by atoms with Crippen LogP contribution in [0.5, 0.6) is 5.75 Å². The number of hydrogen-bond acceptors (Lipinski definition) is 6. The molecule has 1 aliphatic rings. The molecule has 31 heavy (non-hydrogen) atoms. The number of pyridine rings is 1. The summed E-state index contributed by atoms with van der Waals surface area (Å²) in [5.41, 5.74) is 2.19. The Balaban J connectivity index is 2.28. The Morgan fingerprint density at radius 1 is 1.23 bits per heavy atom. The predicted octanol–water partition coefficient (Wildman–Crippen LogP) is 2.87. The van der Waals surface area contributed by atoms with E-state index in [1.165, 1.54) is 12.0 Å². The second-order valence-electron chi connectivity index (χ2n) is 8.35. The van der Waals surface area contributed by atoms with Gasteiger partial charge in [0.25, 0.3) is 0 Å². The van der Waals surface area contributed by atoms with Crippen molar-refractivity contribution >= 4 is 33.3 Å². The van der Waals surface area contributed by atoms with Gasteiger partial charge in [-0.05, 0) is 29.7 Å². The van der Waals surface area contributed by atoms with Crippen molar-refractivity contribution in [2.24, 2.45) is 0 Å². The number of imide groups is 1. The van der Waals surface area contributed by atoms with Crippen molar-refractivity contribution < 1.29 is 22.7 Å². The molecular formula is C21H26N4O5S. The standard InChI is InChI=1S/C21H26N4O5S/c1-21(2,3)15-12-13(25-10-8-17(26)23-20(25)27)11-14(19(15)30-4)18-16(7-6-9-22-18)24-31(5,28)29/h6-7,9,11-12,24H,8,10H2,1-5H3,(H,23,26,27). The van der Waals surface area contributed by atoms with Gasteiger partial charge in [0, 0.05) is 36.0 Å². The number of ether oxygens (including phenoxy) is 1. The Bertz CT molecular complexity index is 1140. The van der Waals surface area contributed by atoms with Gasteiger partial charge in [-0.15, -0.1) is 0 Å². The molecule has 2 N–H and O–H groups in total. The molecule has 0 saturated carbocycles. The lowest BCUT2D eigenvalue weighted by atomic mass is 9.84. The molecule has 3 amide bonds. The first-order chi connectivity index (χ1) is 14.4. The van der Waals surface area contributed by atoms with Gasteiger partial charge in [0.2, 0.25) is 15.9 Å². The molecule has 0 atom stereocenters. The molecule has 1 aromatic heterocycles. The van der Waals surface area contributed by atoms with Crippen molar-refractivity contribution in [3.8, 4) is 17.0 Å². The van der Waals surface area contributed by atoms with E-state index in [2.05, 4.69) is 15.0 Å². The second kappa shape index (κ2) is 8.18. The number of benzene rings is 1. The summed E-state index contributed by atoms with van der Waals surface area (Å²) >= 11 is 0. The summed E-state index contributed by atoms with van der Waals surface area (Å²) < 4.78 is 32.0. The molecule has 3 rings (SSSR count). The quantitative estimate of drug-likeness (QED) is 0.729. The van der Waals surface area contributed by atoms with Crippen LogP contribution in [0, 0.1) is 0 Å². The summed E-state index contributed by atoms with van der Waals surface area (Å²) in [7, 11) is -2.02. The molecule has 9 nitrogen and oxygen atoms in total. The topological polar surface area (TPSA) is 118 Å². The van der Waals surface area contributed by atoms with E-state index in [1.807, 2.05) is 26.8 Å². The fourth-order valence-electron chi connectivity index (χ4n) is 3.43. The lowest BCUT2D eigenvalue weighted by molar-refractivity contribution is -0.120. The number of rotatable bonds is 5. The normalized spacial score (nSPS) is 14.9. The molecule has 1 fully saturated rings. The van der Waals surface area contributed by atoms with Crippen LogP contribution in [0.15, 0.2) is 30.5 Å². The molecule has 1 aliphatic heterocycles. The lowest BCUT2D eigenvalue weighted by Crippen LogP contribution is -2.49. The second-order valence-corrected chi connectivity index (χ2v) is 10.1. The lowest BCUT2D eigenvalue weighted by Gasteiger charge is -2.31. The first kappa shape index (κ1) is 22.5. The van der Waals surface area contributed by atoms with Crippen LogP contribution in [-0.4, -0.2) is 45.3 Å². The zero-order valence-electron chi connectivity index (χ0n) is 18.1. The van der Waals surface area contributed by atoms with E-state index >= 15 is 0 Å². The van der Waals surface area contributed by atoms with Crippen molar-refractivity contribution in [2.45, 2.75) is 32.6 Å². The molecule has 0 aliphatic carbocycles. The van der Waals surface area contributed by atoms with E-state index in [0.29, 0.717) is 28.4 Å². The van der Waals surface area contributed by atoms with Crippen LogP contribution in [0.1, 0.15) is 32.8 Å². The van der Waals surface area contributed by atoms with Crippen LogP contribution < -0.4 is 19.7 Å². The monoisotopic (exact) mass is 446 g/mol. The fraction of sp³-hybridized carbons (Fsp3) is 0.381. The van der Waals surface area contributed by atoms with Gasteiger partial charge in [-0.2, -0.15) is 0 Å². The van der Waals surface area contributed by atoms with Gasteiger partial charge in [-0.1, -0.05) is 20.8 Å². The molecule has 0 radical (unpaired) electrons. The zero-order chi connectivity index (χ0) is 23.0. The van der Waals surface area contributed by atoms with Gasteiger partial charge < -0.3 is 4.74 Å². The third-order valence-electron chi connectivity index (χ3n) is 4.81. The third-order valence-corrected chi connectivity index (χ3v) is 5.40. The van der Waals surface area contributed by atoms with Gasteiger partial charge in [0.05, 0.1) is 24.7 Å². The van der Waals surface area contributed by atoms with Gasteiger partial charge in [-0.3, -0.25) is 24.7 Å². The van der Waals surface area contributed by atoms with Crippen molar-refractivity contribution in [1.82, 2.24) is 10.3 Å². The number of anilines is 2. The number of carbonyl (C=O) groups is 2. The highest BCUT2D eigenvalue weighted by molar-refractivity contribution is 7.92. The maximum absolute atomic E-state index is 12.5. The van der Waals surface area contributed by atoms with Crippen LogP contribution in [0.3, 0.4) is 0 Å². The maximum Gasteiger partial charge on any atom is 0.328 e. The molecule has 0 unspecified atom stereocenters. The van der Waals surface area contributed by atoms with Gasteiger partial charge in [0.15, 0.2) is 0 Å². The molecule has 0 spiro atoms. The van der Waals surface area contributed by atoms with Crippen LogP contribution in [-0.2, 0) is 20.2 Å². The smallest absolute Gasteiger partial charge is 0.328 e. The summed E-state index contributed by atoms with van der Waals surface area (Å²) in [5.74, 6) is 0.204. The van der Waals surface area contributed by atoms with Crippen LogP contribution in [0.2, 0.25) is 0 Å². The van der Waals surface area contributed by atoms with Crippen LogP contribution in [0.25, 0.3) is 11.3 Å². The predicted molar refractivity (Wildman–Crippen MR) is 119 cm³/mol. The molecule has 0 bridgehead atoms. The number of nitrogens with zero attached hydrogens (tertiary/aromatic N) is 2. The Morgan fingerprint density at radius 3 is 2.52 bits per heavy atom. The number of aromatic nitrogens is 1. The molecule has 2 aromatic rings. The molecule has 166 valence electrons.